The predicted molar refractivity (Wildman–Crippen MR) is 113 cm³/mol. The first-order valence-corrected chi connectivity index (χ1v) is 10.4. The van der Waals surface area contributed by atoms with Crippen molar-refractivity contribution in [3.8, 4) is 17.9 Å². The van der Waals surface area contributed by atoms with Crippen molar-refractivity contribution in [3.05, 3.63) is 10.5 Å². The Balaban J connectivity index is 0.000000383. The molecule has 10 nitrogen and oxygen atoms in total. The topological polar surface area (TPSA) is 115 Å². The summed E-state index contributed by atoms with van der Waals surface area (Å²) in [5, 5.41) is 10.5. The number of fused-ring (bicyclic) bond motifs is 1. The van der Waals surface area contributed by atoms with Crippen LogP contribution in [0.1, 0.15) is 19.8 Å². The minimum Gasteiger partial charge on any atom is -0.475 e. The summed E-state index contributed by atoms with van der Waals surface area (Å²) in [7, 11) is 1.56. The number of nitrogens with zero attached hydrogens (tertiary/aromatic N) is 5. The first kappa shape index (κ1) is 24.4. The highest BCUT2D eigenvalue weighted by molar-refractivity contribution is 5.85. The minimum atomic E-state index is -5.08. The molecule has 180 valence electrons. The molecule has 13 heteroatoms. The number of aromatic nitrogens is 4. The normalized spacial score (nSPS) is 16.0. The highest BCUT2D eigenvalue weighted by Gasteiger charge is 2.38. The van der Waals surface area contributed by atoms with E-state index in [0.717, 1.165) is 37.5 Å². The summed E-state index contributed by atoms with van der Waals surface area (Å²) < 4.78 is 40.6. The molecule has 33 heavy (non-hydrogen) atoms. The molecule has 0 bridgehead atoms. The Morgan fingerprint density at radius 1 is 1.24 bits per heavy atom. The summed E-state index contributed by atoms with van der Waals surface area (Å²) in [5.74, 6) is 4.47. The van der Waals surface area contributed by atoms with Crippen molar-refractivity contribution < 1.29 is 27.8 Å². The number of anilines is 1. The first-order valence-electron chi connectivity index (χ1n) is 10.4. The standard InChI is InChI=1S/C18H24N6O2.C2HF3O2/c1-3-4-9-23-14-15(22-10-7-19-8-11-22)20-17(26-2)21-16(14)24(18(23)25)12-13-5-6-13;3-2(4,5)1(6)7/h13,19H,5-12H2,1-2H3;(H,6,7). The van der Waals surface area contributed by atoms with E-state index in [1.807, 2.05) is 0 Å². The van der Waals surface area contributed by atoms with Crippen molar-refractivity contribution in [2.24, 2.45) is 5.92 Å². The van der Waals surface area contributed by atoms with Gasteiger partial charge in [0.1, 0.15) is 5.52 Å². The fourth-order valence-electron chi connectivity index (χ4n) is 3.39. The summed E-state index contributed by atoms with van der Waals surface area (Å²) in [6, 6.07) is 0.300. The summed E-state index contributed by atoms with van der Waals surface area (Å²) in [5.41, 5.74) is 1.36. The van der Waals surface area contributed by atoms with Crippen molar-refractivity contribution >= 4 is 23.0 Å². The second kappa shape index (κ2) is 10.1. The lowest BCUT2D eigenvalue weighted by Crippen LogP contribution is -2.44. The van der Waals surface area contributed by atoms with Crippen LogP contribution in [0.4, 0.5) is 19.0 Å². The number of ether oxygens (including phenoxy) is 1. The molecule has 2 N–H and O–H groups in total. The van der Waals surface area contributed by atoms with Crippen LogP contribution in [-0.2, 0) is 17.9 Å². The van der Waals surface area contributed by atoms with Crippen LogP contribution < -0.4 is 20.6 Å². The molecule has 0 unspecified atom stereocenters. The molecule has 0 radical (unpaired) electrons. The monoisotopic (exact) mass is 470 g/mol. The van der Waals surface area contributed by atoms with E-state index < -0.39 is 12.1 Å². The third kappa shape index (κ3) is 5.75. The second-order valence-electron chi connectivity index (χ2n) is 7.60. The molecule has 1 aliphatic carbocycles. The average molecular weight is 470 g/mol. The number of hydrogen-bond acceptors (Lipinski definition) is 7. The van der Waals surface area contributed by atoms with Gasteiger partial charge in [0.25, 0.3) is 0 Å². The van der Waals surface area contributed by atoms with Crippen molar-refractivity contribution in [2.45, 2.75) is 39.0 Å². The third-order valence-corrected chi connectivity index (χ3v) is 5.21. The van der Waals surface area contributed by atoms with E-state index in [9.17, 15) is 18.0 Å². The van der Waals surface area contributed by atoms with Gasteiger partial charge in [-0.15, -0.1) is 5.92 Å². The second-order valence-corrected chi connectivity index (χ2v) is 7.60. The Morgan fingerprint density at radius 2 is 1.88 bits per heavy atom. The molecule has 3 heterocycles. The number of hydrogen-bond donors (Lipinski definition) is 2. The van der Waals surface area contributed by atoms with E-state index in [1.54, 1.807) is 23.2 Å². The number of halogens is 3. The van der Waals surface area contributed by atoms with Gasteiger partial charge in [0.15, 0.2) is 11.5 Å². The molecule has 1 saturated heterocycles. The van der Waals surface area contributed by atoms with Gasteiger partial charge in [-0.25, -0.2) is 9.59 Å². The van der Waals surface area contributed by atoms with Crippen LogP contribution in [-0.4, -0.2) is 69.6 Å². The lowest BCUT2D eigenvalue weighted by atomic mass is 10.3. The zero-order valence-corrected chi connectivity index (χ0v) is 18.3. The average Bonchev–Trinajstić information content (AvgIpc) is 3.57. The van der Waals surface area contributed by atoms with Gasteiger partial charge in [0.2, 0.25) is 0 Å². The highest BCUT2D eigenvalue weighted by Crippen LogP contribution is 2.32. The van der Waals surface area contributed by atoms with Gasteiger partial charge in [-0.05, 0) is 25.7 Å². The van der Waals surface area contributed by atoms with E-state index >= 15 is 0 Å². The molecule has 0 amide bonds. The van der Waals surface area contributed by atoms with Crippen LogP contribution in [0.15, 0.2) is 4.79 Å². The SMILES string of the molecule is CC#CCn1c(=O)n(CC2CC2)c2nc(OC)nc(N3CCNCC3)c21.O=C(O)C(F)(F)F. The van der Waals surface area contributed by atoms with E-state index in [0.29, 0.717) is 30.7 Å². The van der Waals surface area contributed by atoms with Crippen molar-refractivity contribution in [3.63, 3.8) is 0 Å². The van der Waals surface area contributed by atoms with Gasteiger partial charge in [-0.3, -0.25) is 9.13 Å². The van der Waals surface area contributed by atoms with Crippen molar-refractivity contribution in [1.29, 1.82) is 0 Å². The highest BCUT2D eigenvalue weighted by atomic mass is 19.4. The summed E-state index contributed by atoms with van der Waals surface area (Å²) in [6.07, 6.45) is -2.75. The van der Waals surface area contributed by atoms with Crippen LogP contribution in [0.5, 0.6) is 6.01 Å². The zero-order valence-electron chi connectivity index (χ0n) is 18.3. The minimum absolute atomic E-state index is 0.0615. The molecule has 1 aliphatic heterocycles. The third-order valence-electron chi connectivity index (χ3n) is 5.21. The fourth-order valence-corrected chi connectivity index (χ4v) is 3.39. The maximum atomic E-state index is 13.1. The van der Waals surface area contributed by atoms with E-state index in [-0.39, 0.29) is 5.69 Å². The lowest BCUT2D eigenvalue weighted by Gasteiger charge is -2.29. The summed E-state index contributed by atoms with van der Waals surface area (Å²) >= 11 is 0. The predicted octanol–water partition coefficient (Wildman–Crippen LogP) is 1.08. The van der Waals surface area contributed by atoms with Crippen LogP contribution >= 0.6 is 0 Å². The van der Waals surface area contributed by atoms with Gasteiger partial charge in [-0.2, -0.15) is 23.1 Å². The molecule has 2 aromatic heterocycles. The molecule has 2 aliphatic rings. The van der Waals surface area contributed by atoms with E-state index in [1.165, 1.54) is 12.8 Å². The number of piperazine rings is 1. The molecule has 0 aromatic carbocycles. The Morgan fingerprint density at radius 3 is 2.39 bits per heavy atom. The molecule has 2 fully saturated rings. The maximum Gasteiger partial charge on any atom is 0.490 e. The van der Waals surface area contributed by atoms with Gasteiger partial charge >= 0.3 is 23.8 Å². The molecular weight excluding hydrogens is 445 g/mol. The quantitative estimate of drug-likeness (QED) is 0.624. The van der Waals surface area contributed by atoms with Gasteiger partial charge in [-0.1, -0.05) is 5.92 Å². The maximum absolute atomic E-state index is 13.1. The molecule has 2 aromatic rings. The fraction of sp³-hybridized carbons (Fsp3) is 0.600. The van der Waals surface area contributed by atoms with Crippen LogP contribution in [0.25, 0.3) is 11.2 Å². The zero-order chi connectivity index (χ0) is 24.2. The lowest BCUT2D eigenvalue weighted by molar-refractivity contribution is -0.192. The summed E-state index contributed by atoms with van der Waals surface area (Å²) in [4.78, 5) is 33.3. The molecule has 0 atom stereocenters. The van der Waals surface area contributed by atoms with E-state index in [2.05, 4.69) is 32.0 Å². The van der Waals surface area contributed by atoms with Crippen LogP contribution in [0, 0.1) is 17.8 Å². The Hall–Kier alpha value is -3.27. The smallest absolute Gasteiger partial charge is 0.475 e. The molecule has 1 saturated carbocycles. The first-order chi connectivity index (χ1) is 15.7. The van der Waals surface area contributed by atoms with Gasteiger partial charge in [0, 0.05) is 32.7 Å². The Kier molecular flexibility index (Phi) is 7.47. The molecule has 4 rings (SSSR count). The number of alkyl halides is 3. The van der Waals surface area contributed by atoms with Crippen LogP contribution in [0.3, 0.4) is 0 Å². The number of rotatable bonds is 5. The Labute approximate surface area is 187 Å². The number of nitrogens with one attached hydrogen (secondary N) is 1. The molecule has 0 spiro atoms. The largest absolute Gasteiger partial charge is 0.490 e. The number of methoxy groups -OCH3 is 1. The number of aliphatic carboxylic acids is 1. The van der Waals surface area contributed by atoms with Crippen LogP contribution in [0.2, 0.25) is 0 Å². The Bertz CT molecular complexity index is 1120. The van der Waals surface area contributed by atoms with E-state index in [4.69, 9.17) is 14.6 Å². The van der Waals surface area contributed by atoms with Crippen molar-refractivity contribution in [1.82, 2.24) is 24.4 Å². The number of carboxylic acids is 1. The van der Waals surface area contributed by atoms with Crippen molar-refractivity contribution in [2.75, 3.05) is 38.2 Å². The number of imidazole rings is 1. The van der Waals surface area contributed by atoms with Gasteiger partial charge < -0.3 is 20.1 Å². The summed E-state index contributed by atoms with van der Waals surface area (Å²) in [6.45, 7) is 6.26. The number of carbonyl (C=O) groups is 1. The number of carboxylic acid groups (broad SMARTS) is 1. The van der Waals surface area contributed by atoms with Gasteiger partial charge in [0.05, 0.1) is 13.7 Å². The molecular formula is C20H25F3N6O4.